The average molecular weight is 397 g/mol. The molecule has 0 aliphatic rings. The Labute approximate surface area is 167 Å². The molecule has 0 atom stereocenters. The number of hydrogen-bond acceptors (Lipinski definition) is 4. The van der Waals surface area contributed by atoms with Gasteiger partial charge in [-0.3, -0.25) is 4.79 Å². The number of benzene rings is 3. The first-order chi connectivity index (χ1) is 13.6. The molecule has 0 unspecified atom stereocenters. The van der Waals surface area contributed by atoms with E-state index in [4.69, 9.17) is 13.7 Å². The van der Waals surface area contributed by atoms with Gasteiger partial charge >= 0.3 is 5.97 Å². The van der Waals surface area contributed by atoms with Crippen LogP contribution < -0.4 is 9.47 Å². The van der Waals surface area contributed by atoms with Crippen molar-refractivity contribution in [3.05, 3.63) is 78.9 Å². The second-order valence-corrected chi connectivity index (χ2v) is 8.72. The fraction of sp³-hybridized carbons (Fsp3) is 0.174. The summed E-state index contributed by atoms with van der Waals surface area (Å²) in [4.78, 5) is 15.3. The third-order valence-corrected chi connectivity index (χ3v) is 7.61. The SMILES string of the molecule is CCC(=O)OS(c1ccccc1)(c1ccc(OC)cc1)c1ccc(OC)cc1. The first-order valence-electron chi connectivity index (χ1n) is 9.03. The molecule has 0 radical (unpaired) electrons. The minimum atomic E-state index is -2.25. The van der Waals surface area contributed by atoms with Crippen molar-refractivity contribution in [3.63, 3.8) is 0 Å². The Balaban J connectivity index is 2.27. The van der Waals surface area contributed by atoms with Gasteiger partial charge in [0.15, 0.2) is 0 Å². The van der Waals surface area contributed by atoms with E-state index in [0.29, 0.717) is 6.42 Å². The standard InChI is InChI=1S/C23H24O4S/c1-4-23(24)27-28(20-8-6-5-7-9-20,21-14-10-18(25-2)11-15-21)22-16-12-19(26-3)13-17-22/h5-17H,4H2,1-3H3. The first-order valence-corrected chi connectivity index (χ1v) is 10.6. The number of carbonyl (C=O) groups excluding carboxylic acids is 1. The molecule has 5 heteroatoms. The normalized spacial score (nSPS) is 11.5. The maximum atomic E-state index is 12.5. The van der Waals surface area contributed by atoms with Crippen LogP contribution in [0.3, 0.4) is 0 Å². The molecule has 0 amide bonds. The molecular formula is C23H24O4S. The second kappa shape index (κ2) is 8.85. The Morgan fingerprint density at radius 1 is 0.714 bits per heavy atom. The highest BCUT2D eigenvalue weighted by Gasteiger charge is 2.35. The van der Waals surface area contributed by atoms with E-state index in [1.54, 1.807) is 21.1 Å². The van der Waals surface area contributed by atoms with Crippen molar-refractivity contribution >= 4 is 16.3 Å². The van der Waals surface area contributed by atoms with E-state index >= 15 is 0 Å². The van der Waals surface area contributed by atoms with Crippen LogP contribution in [0.1, 0.15) is 13.3 Å². The maximum Gasteiger partial charge on any atom is 0.316 e. The van der Waals surface area contributed by atoms with Crippen LogP contribution in [0.25, 0.3) is 0 Å². The van der Waals surface area contributed by atoms with Gasteiger partial charge in [0.05, 0.1) is 14.2 Å². The molecule has 0 heterocycles. The molecule has 3 aromatic rings. The molecule has 0 N–H and O–H groups in total. The zero-order chi connectivity index (χ0) is 20.0. The topological polar surface area (TPSA) is 44.8 Å². The van der Waals surface area contributed by atoms with Crippen LogP contribution in [0.15, 0.2) is 93.5 Å². The summed E-state index contributed by atoms with van der Waals surface area (Å²) in [5.41, 5.74) is 0. The molecule has 0 saturated heterocycles. The minimum absolute atomic E-state index is 0.245. The van der Waals surface area contributed by atoms with E-state index in [1.807, 2.05) is 78.9 Å². The minimum Gasteiger partial charge on any atom is -0.497 e. The van der Waals surface area contributed by atoms with Crippen molar-refractivity contribution in [2.75, 3.05) is 14.2 Å². The van der Waals surface area contributed by atoms with Crippen LogP contribution in [0, 0.1) is 0 Å². The lowest BCUT2D eigenvalue weighted by Crippen LogP contribution is -2.13. The molecule has 0 fully saturated rings. The first kappa shape index (κ1) is 19.8. The van der Waals surface area contributed by atoms with Crippen molar-refractivity contribution in [2.45, 2.75) is 28.0 Å². The van der Waals surface area contributed by atoms with Crippen LogP contribution in [0.4, 0.5) is 0 Å². The zero-order valence-electron chi connectivity index (χ0n) is 16.3. The fourth-order valence-electron chi connectivity index (χ4n) is 2.90. The molecular weight excluding hydrogens is 372 g/mol. The van der Waals surface area contributed by atoms with Gasteiger partial charge in [0.1, 0.15) is 11.5 Å². The number of carbonyl (C=O) groups is 1. The van der Waals surface area contributed by atoms with Gasteiger partial charge < -0.3 is 13.7 Å². The lowest BCUT2D eigenvalue weighted by Gasteiger charge is -2.39. The maximum absolute atomic E-state index is 12.5. The van der Waals surface area contributed by atoms with E-state index in [0.717, 1.165) is 26.2 Å². The average Bonchev–Trinajstić information content (AvgIpc) is 2.78. The van der Waals surface area contributed by atoms with Crippen LogP contribution >= 0.6 is 10.3 Å². The molecule has 3 rings (SSSR count). The molecule has 0 saturated carbocycles. The van der Waals surface area contributed by atoms with E-state index in [2.05, 4.69) is 0 Å². The highest BCUT2D eigenvalue weighted by atomic mass is 32.3. The Morgan fingerprint density at radius 3 is 1.54 bits per heavy atom. The van der Waals surface area contributed by atoms with Crippen LogP contribution in [-0.2, 0) is 8.98 Å². The Morgan fingerprint density at radius 2 is 1.14 bits per heavy atom. The third kappa shape index (κ3) is 3.85. The van der Waals surface area contributed by atoms with Crippen molar-refractivity contribution in [3.8, 4) is 11.5 Å². The largest absolute Gasteiger partial charge is 0.497 e. The monoisotopic (exact) mass is 396 g/mol. The summed E-state index contributed by atoms with van der Waals surface area (Å²) in [5.74, 6) is 1.26. The van der Waals surface area contributed by atoms with Gasteiger partial charge in [-0.25, -0.2) is 0 Å². The van der Waals surface area contributed by atoms with Gasteiger partial charge in [-0.05, 0) is 71.0 Å². The van der Waals surface area contributed by atoms with E-state index in [-0.39, 0.29) is 5.97 Å². The summed E-state index contributed by atoms with van der Waals surface area (Å²) in [6, 6.07) is 25.3. The highest BCUT2D eigenvalue weighted by Crippen LogP contribution is 2.69. The molecule has 3 aromatic carbocycles. The van der Waals surface area contributed by atoms with Crippen LogP contribution in [-0.4, -0.2) is 20.2 Å². The van der Waals surface area contributed by atoms with Gasteiger partial charge in [0.2, 0.25) is 0 Å². The van der Waals surface area contributed by atoms with Gasteiger partial charge in [-0.15, -0.1) is 0 Å². The molecule has 0 aliphatic heterocycles. The van der Waals surface area contributed by atoms with Gasteiger partial charge in [-0.1, -0.05) is 25.1 Å². The molecule has 146 valence electrons. The van der Waals surface area contributed by atoms with Gasteiger partial charge in [0.25, 0.3) is 0 Å². The number of ether oxygens (including phenoxy) is 2. The lowest BCUT2D eigenvalue weighted by molar-refractivity contribution is -0.133. The second-order valence-electron chi connectivity index (χ2n) is 6.03. The summed E-state index contributed by atoms with van der Waals surface area (Å²) in [6.07, 6.45) is 0.299. The van der Waals surface area contributed by atoms with Gasteiger partial charge in [-0.2, -0.15) is 0 Å². The van der Waals surface area contributed by atoms with E-state index < -0.39 is 10.3 Å². The summed E-state index contributed by atoms with van der Waals surface area (Å²) >= 11 is 0. The summed E-state index contributed by atoms with van der Waals surface area (Å²) in [6.45, 7) is 1.81. The Hall–Kier alpha value is -2.92. The fourth-order valence-corrected chi connectivity index (χ4v) is 5.98. The molecule has 0 aromatic heterocycles. The Kier molecular flexibility index (Phi) is 6.26. The summed E-state index contributed by atoms with van der Waals surface area (Å²) < 4.78 is 16.9. The smallest absolute Gasteiger partial charge is 0.316 e. The quantitative estimate of drug-likeness (QED) is 0.502. The number of methoxy groups -OCH3 is 2. The van der Waals surface area contributed by atoms with E-state index in [1.165, 1.54) is 0 Å². The van der Waals surface area contributed by atoms with Crippen molar-refractivity contribution in [1.29, 1.82) is 0 Å². The van der Waals surface area contributed by atoms with Crippen LogP contribution in [0.2, 0.25) is 0 Å². The molecule has 0 spiro atoms. The van der Waals surface area contributed by atoms with Gasteiger partial charge in [0, 0.05) is 21.1 Å². The zero-order valence-corrected chi connectivity index (χ0v) is 17.1. The molecule has 28 heavy (non-hydrogen) atoms. The molecule has 0 bridgehead atoms. The van der Waals surface area contributed by atoms with Crippen molar-refractivity contribution in [1.82, 2.24) is 0 Å². The molecule has 4 nitrogen and oxygen atoms in total. The number of rotatable bonds is 7. The summed E-state index contributed by atoms with van der Waals surface area (Å²) in [5, 5.41) is 0. The lowest BCUT2D eigenvalue weighted by atomic mass is 10.3. The number of hydrogen-bond donors (Lipinski definition) is 0. The predicted octanol–water partition coefficient (Wildman–Crippen LogP) is 5.85. The van der Waals surface area contributed by atoms with Crippen LogP contribution in [0.5, 0.6) is 11.5 Å². The Bertz CT molecular complexity index is 858. The van der Waals surface area contributed by atoms with Crippen molar-refractivity contribution < 1.29 is 18.5 Å². The predicted molar refractivity (Wildman–Crippen MR) is 111 cm³/mol. The summed E-state index contributed by atoms with van der Waals surface area (Å²) in [7, 11) is 1.01. The highest BCUT2D eigenvalue weighted by molar-refractivity contribution is 8.30. The molecule has 0 aliphatic carbocycles. The third-order valence-electron chi connectivity index (χ3n) is 4.36. The van der Waals surface area contributed by atoms with E-state index in [9.17, 15) is 4.79 Å². The van der Waals surface area contributed by atoms with Crippen molar-refractivity contribution in [2.24, 2.45) is 0 Å².